The molecule has 0 fully saturated rings. The largest absolute Gasteiger partial charge is 0.508 e. The van der Waals surface area contributed by atoms with E-state index < -0.39 is 12.2 Å². The molecule has 182 valence electrons. The summed E-state index contributed by atoms with van der Waals surface area (Å²) < 4.78 is 12.5. The molecule has 36 heavy (non-hydrogen) atoms. The lowest BCUT2D eigenvalue weighted by Gasteiger charge is -2.35. The summed E-state index contributed by atoms with van der Waals surface area (Å²) in [5.41, 5.74) is 2.30. The van der Waals surface area contributed by atoms with Crippen LogP contribution in [0.4, 0.5) is 0 Å². The Bertz CT molecular complexity index is 1440. The molecule has 8 nitrogen and oxygen atoms in total. The molecule has 4 aromatic rings. The van der Waals surface area contributed by atoms with Crippen molar-refractivity contribution in [3.8, 4) is 46.0 Å². The zero-order valence-electron chi connectivity index (χ0n) is 18.7. The van der Waals surface area contributed by atoms with Gasteiger partial charge in [-0.2, -0.15) is 0 Å². The van der Waals surface area contributed by atoms with E-state index in [0.717, 1.165) is 5.56 Å². The zero-order chi connectivity index (χ0) is 25.4. The molecule has 6 N–H and O–H groups in total. The summed E-state index contributed by atoms with van der Waals surface area (Å²) in [6, 6.07) is 17.9. The minimum atomic E-state index is -0.799. The highest BCUT2D eigenvalue weighted by Crippen LogP contribution is 2.48. The molecule has 0 aliphatic carbocycles. The van der Waals surface area contributed by atoms with Crippen molar-refractivity contribution in [1.29, 1.82) is 0 Å². The second-order valence-electron chi connectivity index (χ2n) is 8.43. The maximum Gasteiger partial charge on any atom is 0.165 e. The van der Waals surface area contributed by atoms with E-state index in [2.05, 4.69) is 0 Å². The van der Waals surface area contributed by atoms with Crippen LogP contribution in [0.5, 0.6) is 46.0 Å². The van der Waals surface area contributed by atoms with Crippen LogP contribution < -0.4 is 9.47 Å². The van der Waals surface area contributed by atoms with E-state index in [4.69, 9.17) is 9.47 Å². The summed E-state index contributed by atoms with van der Waals surface area (Å²) in [4.78, 5) is 0. The minimum absolute atomic E-state index is 0.0548. The zero-order valence-corrected chi connectivity index (χ0v) is 18.7. The number of benzene rings is 4. The van der Waals surface area contributed by atoms with Crippen LogP contribution in [0.25, 0.3) is 12.2 Å². The van der Waals surface area contributed by atoms with Gasteiger partial charge in [0, 0.05) is 23.3 Å². The van der Waals surface area contributed by atoms with E-state index in [1.807, 2.05) is 0 Å². The Morgan fingerprint density at radius 1 is 0.472 bits per heavy atom. The van der Waals surface area contributed by atoms with Crippen LogP contribution in [0.2, 0.25) is 0 Å². The molecular weight excluding hydrogens is 464 g/mol. The van der Waals surface area contributed by atoms with E-state index in [0.29, 0.717) is 28.2 Å². The van der Waals surface area contributed by atoms with Crippen LogP contribution in [-0.4, -0.2) is 30.6 Å². The van der Waals surface area contributed by atoms with Crippen molar-refractivity contribution in [3.05, 3.63) is 95.1 Å². The summed E-state index contributed by atoms with van der Waals surface area (Å²) in [6.07, 6.45) is 1.90. The Hall–Kier alpha value is -4.98. The fraction of sp³-hybridized carbons (Fsp3) is 0.0714. The fourth-order valence-electron chi connectivity index (χ4n) is 4.11. The predicted molar refractivity (Wildman–Crippen MR) is 131 cm³/mol. The van der Waals surface area contributed by atoms with Gasteiger partial charge in [-0.15, -0.1) is 0 Å². The first-order valence-electron chi connectivity index (χ1n) is 11.0. The standard InChI is InChI=1S/C28H22O8/c29-19-7-16(8-20(30)13-19)2-1-15-3-6-25-26(9-15)36-27(17-4-5-23(33)24(34)12-17)28(35-25)18-10-21(31)14-22(32)11-18/h1-14,27-34H. The summed E-state index contributed by atoms with van der Waals surface area (Å²) in [5.74, 6) is -0.182. The lowest BCUT2D eigenvalue weighted by molar-refractivity contribution is 0.0180. The lowest BCUT2D eigenvalue weighted by Crippen LogP contribution is -2.26. The Labute approximate surface area is 205 Å². The SMILES string of the molecule is Oc1cc(O)cc(C=Cc2ccc3c(c2)OC(c2ccc(O)c(O)c2)C(c2cc(O)cc(O)c2)O3)c1. The molecule has 2 unspecified atom stereocenters. The van der Waals surface area contributed by atoms with Gasteiger partial charge in [-0.1, -0.05) is 24.3 Å². The average molecular weight is 486 g/mol. The molecule has 5 rings (SSSR count). The molecule has 0 amide bonds. The maximum atomic E-state index is 10.1. The summed E-state index contributed by atoms with van der Waals surface area (Å²) in [6.45, 7) is 0. The maximum absolute atomic E-state index is 10.1. The van der Waals surface area contributed by atoms with Crippen molar-refractivity contribution in [2.75, 3.05) is 0 Å². The highest BCUT2D eigenvalue weighted by atomic mass is 16.6. The number of rotatable bonds is 4. The van der Waals surface area contributed by atoms with Gasteiger partial charge in [-0.25, -0.2) is 0 Å². The molecule has 0 aromatic heterocycles. The Balaban J connectivity index is 1.52. The number of aromatic hydroxyl groups is 6. The molecule has 0 bridgehead atoms. The van der Waals surface area contributed by atoms with Gasteiger partial charge in [0.05, 0.1) is 0 Å². The molecule has 1 aliphatic heterocycles. The number of hydrogen-bond acceptors (Lipinski definition) is 8. The van der Waals surface area contributed by atoms with Crippen molar-refractivity contribution in [3.63, 3.8) is 0 Å². The number of fused-ring (bicyclic) bond motifs is 1. The van der Waals surface area contributed by atoms with Gasteiger partial charge in [-0.05, 0) is 59.7 Å². The van der Waals surface area contributed by atoms with Crippen molar-refractivity contribution in [2.45, 2.75) is 12.2 Å². The molecule has 4 aromatic carbocycles. The second-order valence-corrected chi connectivity index (χ2v) is 8.43. The third-order valence-electron chi connectivity index (χ3n) is 5.73. The van der Waals surface area contributed by atoms with Gasteiger partial charge >= 0.3 is 0 Å². The molecule has 0 saturated carbocycles. The minimum Gasteiger partial charge on any atom is -0.508 e. The molecule has 2 atom stereocenters. The van der Waals surface area contributed by atoms with Crippen LogP contribution in [0.3, 0.4) is 0 Å². The van der Waals surface area contributed by atoms with Gasteiger partial charge in [-0.3, -0.25) is 0 Å². The monoisotopic (exact) mass is 486 g/mol. The number of hydrogen-bond donors (Lipinski definition) is 6. The molecule has 8 heteroatoms. The van der Waals surface area contributed by atoms with E-state index in [1.54, 1.807) is 36.4 Å². The normalized spacial score (nSPS) is 16.8. The molecule has 0 spiro atoms. The lowest BCUT2D eigenvalue weighted by atomic mass is 9.95. The van der Waals surface area contributed by atoms with E-state index in [1.165, 1.54) is 48.5 Å². The summed E-state index contributed by atoms with van der Waals surface area (Å²) >= 11 is 0. The number of phenols is 6. The fourth-order valence-corrected chi connectivity index (χ4v) is 4.11. The Morgan fingerprint density at radius 3 is 1.72 bits per heavy atom. The van der Waals surface area contributed by atoms with Crippen LogP contribution >= 0.6 is 0 Å². The average Bonchev–Trinajstić information content (AvgIpc) is 2.82. The Morgan fingerprint density at radius 2 is 1.06 bits per heavy atom. The summed E-state index contributed by atoms with van der Waals surface area (Å²) in [7, 11) is 0. The number of phenolic OH excluding ortho intramolecular Hbond substituents is 6. The molecule has 0 saturated heterocycles. The van der Waals surface area contributed by atoms with Crippen LogP contribution in [0, 0.1) is 0 Å². The smallest absolute Gasteiger partial charge is 0.165 e. The highest BCUT2D eigenvalue weighted by molar-refractivity contribution is 5.72. The van der Waals surface area contributed by atoms with Crippen LogP contribution in [0.1, 0.15) is 34.5 Å². The second kappa shape index (κ2) is 8.99. The van der Waals surface area contributed by atoms with E-state index in [-0.39, 0.29) is 34.5 Å². The first-order chi connectivity index (χ1) is 17.2. The van der Waals surface area contributed by atoms with Crippen LogP contribution in [-0.2, 0) is 0 Å². The molecule has 1 heterocycles. The third-order valence-corrected chi connectivity index (χ3v) is 5.73. The molecule has 1 aliphatic rings. The highest BCUT2D eigenvalue weighted by Gasteiger charge is 2.35. The van der Waals surface area contributed by atoms with E-state index in [9.17, 15) is 30.6 Å². The first kappa shape index (κ1) is 22.8. The number of ether oxygens (including phenoxy) is 2. The molecular formula is C28H22O8. The van der Waals surface area contributed by atoms with Gasteiger partial charge in [0.2, 0.25) is 0 Å². The van der Waals surface area contributed by atoms with E-state index >= 15 is 0 Å². The van der Waals surface area contributed by atoms with Crippen molar-refractivity contribution >= 4 is 12.2 Å². The van der Waals surface area contributed by atoms with Crippen molar-refractivity contribution < 1.29 is 40.1 Å². The van der Waals surface area contributed by atoms with Gasteiger partial charge in [0.25, 0.3) is 0 Å². The van der Waals surface area contributed by atoms with Gasteiger partial charge < -0.3 is 40.1 Å². The summed E-state index contributed by atoms with van der Waals surface area (Å²) in [5, 5.41) is 59.2. The quantitative estimate of drug-likeness (QED) is 0.168. The first-order valence-corrected chi connectivity index (χ1v) is 11.0. The van der Waals surface area contributed by atoms with Crippen molar-refractivity contribution in [2.24, 2.45) is 0 Å². The molecule has 0 radical (unpaired) electrons. The predicted octanol–water partition coefficient (Wildman–Crippen LogP) is 5.34. The van der Waals surface area contributed by atoms with Crippen molar-refractivity contribution in [1.82, 2.24) is 0 Å². The van der Waals surface area contributed by atoms with Crippen LogP contribution in [0.15, 0.2) is 72.8 Å². The Kier molecular flexibility index (Phi) is 5.69. The topological polar surface area (TPSA) is 140 Å². The van der Waals surface area contributed by atoms with Gasteiger partial charge in [0.1, 0.15) is 23.0 Å². The van der Waals surface area contributed by atoms with Gasteiger partial charge in [0.15, 0.2) is 35.2 Å². The third kappa shape index (κ3) is 4.65.